The molecule has 0 atom stereocenters. The summed E-state index contributed by atoms with van der Waals surface area (Å²) in [4.78, 5) is 0. The van der Waals surface area contributed by atoms with Crippen LogP contribution >= 0.6 is 0 Å². The number of hydrogen-bond acceptors (Lipinski definition) is 0. The van der Waals surface area contributed by atoms with Gasteiger partial charge in [0.05, 0.1) is 11.0 Å². The average molecular weight is 562 g/mol. The van der Waals surface area contributed by atoms with Gasteiger partial charge in [-0.05, 0) is 86.8 Å². The number of allylic oxidation sites excluding steroid dienone is 3. The summed E-state index contributed by atoms with van der Waals surface area (Å²) in [5, 5.41) is 7.52. The van der Waals surface area contributed by atoms with Gasteiger partial charge in [-0.3, -0.25) is 0 Å². The molecule has 0 amide bonds. The van der Waals surface area contributed by atoms with Gasteiger partial charge < -0.3 is 4.57 Å². The lowest BCUT2D eigenvalue weighted by Crippen LogP contribution is -1.94. The molecule has 0 saturated heterocycles. The smallest absolute Gasteiger partial charge is 0.0619 e. The van der Waals surface area contributed by atoms with Gasteiger partial charge in [-0.25, -0.2) is 0 Å². The fourth-order valence-electron chi connectivity index (χ4n) is 6.67. The molecule has 0 aliphatic heterocycles. The molecule has 0 spiro atoms. The highest BCUT2D eigenvalue weighted by Crippen LogP contribution is 2.39. The largest absolute Gasteiger partial charge is 0.309 e. The topological polar surface area (TPSA) is 4.93 Å². The van der Waals surface area contributed by atoms with Crippen molar-refractivity contribution in [2.24, 2.45) is 0 Å². The molecule has 0 unspecified atom stereocenters. The Morgan fingerprint density at radius 1 is 0.523 bits per heavy atom. The van der Waals surface area contributed by atoms with E-state index < -0.39 is 0 Å². The zero-order valence-electron chi connectivity index (χ0n) is 24.7. The van der Waals surface area contributed by atoms with E-state index in [2.05, 4.69) is 163 Å². The van der Waals surface area contributed by atoms with Gasteiger partial charge in [0.1, 0.15) is 0 Å². The predicted octanol–water partition coefficient (Wildman–Crippen LogP) is 12.0. The van der Waals surface area contributed by atoms with Gasteiger partial charge in [-0.1, -0.05) is 134 Å². The highest BCUT2D eigenvalue weighted by atomic mass is 15.0. The molecule has 44 heavy (non-hydrogen) atoms. The van der Waals surface area contributed by atoms with Crippen LogP contribution < -0.4 is 0 Å². The number of nitrogens with zero attached hydrogens (tertiary/aromatic N) is 1. The fraction of sp³-hybridized carbons (Fsp3) is 0.0233. The Hall–Kier alpha value is -5.66. The van der Waals surface area contributed by atoms with Crippen molar-refractivity contribution in [2.45, 2.75) is 6.92 Å². The SMILES string of the molecule is C=C/C(=C\C)c1ccc(-c2ccc3c(ccc4c5ccc(-c6ccc7ccccc7c6)cc5n(-c5ccccc5)c34)c2)cc1. The van der Waals surface area contributed by atoms with Gasteiger partial charge in [-0.2, -0.15) is 0 Å². The molecule has 1 heterocycles. The maximum Gasteiger partial charge on any atom is 0.0619 e. The monoisotopic (exact) mass is 561 g/mol. The first kappa shape index (κ1) is 26.0. The van der Waals surface area contributed by atoms with E-state index in [0.717, 1.165) is 11.3 Å². The lowest BCUT2D eigenvalue weighted by atomic mass is 9.97. The van der Waals surface area contributed by atoms with Crippen LogP contribution in [0.15, 0.2) is 164 Å². The van der Waals surface area contributed by atoms with Crippen molar-refractivity contribution in [3.63, 3.8) is 0 Å². The van der Waals surface area contributed by atoms with E-state index in [9.17, 15) is 0 Å². The Balaban J connectivity index is 1.33. The van der Waals surface area contributed by atoms with Crippen molar-refractivity contribution in [1.29, 1.82) is 0 Å². The number of aromatic nitrogens is 1. The summed E-state index contributed by atoms with van der Waals surface area (Å²) >= 11 is 0. The highest BCUT2D eigenvalue weighted by Gasteiger charge is 2.16. The Kier molecular flexibility index (Phi) is 6.24. The summed E-state index contributed by atoms with van der Waals surface area (Å²) in [6.07, 6.45) is 4.01. The molecule has 0 saturated carbocycles. The number of para-hydroxylation sites is 1. The van der Waals surface area contributed by atoms with Crippen molar-refractivity contribution in [3.05, 3.63) is 170 Å². The van der Waals surface area contributed by atoms with Crippen LogP contribution in [0.2, 0.25) is 0 Å². The van der Waals surface area contributed by atoms with Crippen LogP contribution in [0.5, 0.6) is 0 Å². The third-order valence-electron chi connectivity index (χ3n) is 8.92. The second kappa shape index (κ2) is 10.6. The summed E-state index contributed by atoms with van der Waals surface area (Å²) in [7, 11) is 0. The Bertz CT molecular complexity index is 2390. The first-order chi connectivity index (χ1) is 21.7. The van der Waals surface area contributed by atoms with Gasteiger partial charge in [0, 0.05) is 21.8 Å². The molecule has 208 valence electrons. The number of benzene rings is 7. The molecule has 0 bridgehead atoms. The fourth-order valence-corrected chi connectivity index (χ4v) is 6.67. The Morgan fingerprint density at radius 2 is 1.11 bits per heavy atom. The summed E-state index contributed by atoms with van der Waals surface area (Å²) in [5.41, 5.74) is 10.8. The zero-order valence-corrected chi connectivity index (χ0v) is 24.7. The molecular weight excluding hydrogens is 530 g/mol. The molecule has 1 nitrogen and oxygen atoms in total. The predicted molar refractivity (Wildman–Crippen MR) is 191 cm³/mol. The van der Waals surface area contributed by atoms with Gasteiger partial charge in [0.2, 0.25) is 0 Å². The van der Waals surface area contributed by atoms with Crippen LogP contribution in [0.25, 0.3) is 76.9 Å². The zero-order chi connectivity index (χ0) is 29.6. The summed E-state index contributed by atoms with van der Waals surface area (Å²) in [6.45, 7) is 6.00. The first-order valence-electron chi connectivity index (χ1n) is 15.2. The van der Waals surface area contributed by atoms with Gasteiger partial charge in [-0.15, -0.1) is 0 Å². The molecule has 8 rings (SSSR count). The second-order valence-electron chi connectivity index (χ2n) is 11.4. The Labute approximate surface area is 257 Å². The summed E-state index contributed by atoms with van der Waals surface area (Å²) in [5.74, 6) is 0. The highest BCUT2D eigenvalue weighted by molar-refractivity contribution is 6.19. The molecule has 1 aromatic heterocycles. The molecule has 0 fully saturated rings. The van der Waals surface area contributed by atoms with Crippen LogP contribution in [0.3, 0.4) is 0 Å². The molecule has 8 aromatic rings. The van der Waals surface area contributed by atoms with Crippen LogP contribution in [0, 0.1) is 0 Å². The molecular formula is C43H31N. The minimum Gasteiger partial charge on any atom is -0.309 e. The molecule has 0 aliphatic rings. The van der Waals surface area contributed by atoms with E-state index in [4.69, 9.17) is 0 Å². The van der Waals surface area contributed by atoms with Crippen LogP contribution in [0.4, 0.5) is 0 Å². The average Bonchev–Trinajstić information content (AvgIpc) is 3.43. The van der Waals surface area contributed by atoms with Crippen LogP contribution in [-0.4, -0.2) is 4.57 Å². The molecule has 7 aromatic carbocycles. The van der Waals surface area contributed by atoms with Gasteiger partial charge in [0.15, 0.2) is 0 Å². The van der Waals surface area contributed by atoms with E-state index in [1.165, 1.54) is 71.2 Å². The van der Waals surface area contributed by atoms with Crippen molar-refractivity contribution >= 4 is 48.9 Å². The summed E-state index contributed by atoms with van der Waals surface area (Å²) in [6, 6.07) is 53.2. The third-order valence-corrected chi connectivity index (χ3v) is 8.92. The molecule has 0 N–H and O–H groups in total. The van der Waals surface area contributed by atoms with Crippen molar-refractivity contribution in [1.82, 2.24) is 4.57 Å². The van der Waals surface area contributed by atoms with Crippen LogP contribution in [0.1, 0.15) is 12.5 Å². The summed E-state index contributed by atoms with van der Waals surface area (Å²) < 4.78 is 2.44. The van der Waals surface area contributed by atoms with E-state index >= 15 is 0 Å². The van der Waals surface area contributed by atoms with E-state index in [1.807, 2.05) is 13.0 Å². The lowest BCUT2D eigenvalue weighted by molar-refractivity contribution is 1.19. The van der Waals surface area contributed by atoms with Crippen LogP contribution in [-0.2, 0) is 0 Å². The number of hydrogen-bond donors (Lipinski definition) is 0. The Morgan fingerprint density at radius 3 is 1.89 bits per heavy atom. The van der Waals surface area contributed by atoms with Gasteiger partial charge in [0.25, 0.3) is 0 Å². The maximum atomic E-state index is 3.95. The van der Waals surface area contributed by atoms with Gasteiger partial charge >= 0.3 is 0 Å². The standard InChI is InChI=1S/C43H31N/c1-3-29(4-2)31-14-16-32(17-15-31)34-20-23-39-37(27-34)22-25-41-40-24-21-36(35-19-18-30-10-8-9-11-33(30)26-35)28-42(40)44(43(39)41)38-12-6-5-7-13-38/h3-28H,1H2,2H3/b29-4+. The van der Waals surface area contributed by atoms with E-state index in [-0.39, 0.29) is 0 Å². The lowest BCUT2D eigenvalue weighted by Gasteiger charge is -2.12. The third kappa shape index (κ3) is 4.25. The molecule has 1 heteroatoms. The van der Waals surface area contributed by atoms with E-state index in [0.29, 0.717) is 0 Å². The quantitative estimate of drug-likeness (QED) is 0.184. The van der Waals surface area contributed by atoms with Crippen molar-refractivity contribution < 1.29 is 0 Å². The minimum absolute atomic E-state index is 1.15. The second-order valence-corrected chi connectivity index (χ2v) is 11.4. The van der Waals surface area contributed by atoms with Crippen molar-refractivity contribution in [3.8, 4) is 27.9 Å². The number of rotatable bonds is 5. The number of fused-ring (bicyclic) bond motifs is 6. The first-order valence-corrected chi connectivity index (χ1v) is 15.2. The van der Waals surface area contributed by atoms with Crippen molar-refractivity contribution in [2.75, 3.05) is 0 Å². The maximum absolute atomic E-state index is 3.95. The minimum atomic E-state index is 1.15. The molecule has 0 radical (unpaired) electrons. The van der Waals surface area contributed by atoms with E-state index in [1.54, 1.807) is 0 Å². The molecule has 0 aliphatic carbocycles. The normalized spacial score (nSPS) is 12.0.